The van der Waals surface area contributed by atoms with Crippen molar-refractivity contribution in [3.05, 3.63) is 35.4 Å². The molecule has 0 aliphatic rings. The van der Waals surface area contributed by atoms with E-state index >= 15 is 0 Å². The third kappa shape index (κ3) is 7.54. The SMILES string of the molecule is CC.CC.Cc1ccc(CO)cc1. The van der Waals surface area contributed by atoms with Crippen molar-refractivity contribution in [2.24, 2.45) is 0 Å². The molecule has 1 aromatic carbocycles. The summed E-state index contributed by atoms with van der Waals surface area (Å²) in [4.78, 5) is 0. The smallest absolute Gasteiger partial charge is 0.0681 e. The van der Waals surface area contributed by atoms with E-state index in [9.17, 15) is 0 Å². The predicted molar refractivity (Wildman–Crippen MR) is 59.8 cm³/mol. The Kier molecular flexibility index (Phi) is 12.6. The van der Waals surface area contributed by atoms with Crippen LogP contribution in [-0.4, -0.2) is 5.11 Å². The maximum Gasteiger partial charge on any atom is 0.0681 e. The standard InChI is InChI=1S/C8H10O.2C2H6/c1-7-2-4-8(6-9)5-3-7;2*1-2/h2-5,9H,6H2,1H3;2*1-2H3. The Labute approximate surface area is 82.4 Å². The van der Waals surface area contributed by atoms with Crippen LogP contribution in [0.5, 0.6) is 0 Å². The molecule has 0 amide bonds. The van der Waals surface area contributed by atoms with E-state index in [2.05, 4.69) is 0 Å². The first-order valence-electron chi connectivity index (χ1n) is 4.99. The summed E-state index contributed by atoms with van der Waals surface area (Å²) in [6, 6.07) is 7.84. The van der Waals surface area contributed by atoms with E-state index in [1.807, 2.05) is 58.9 Å². The van der Waals surface area contributed by atoms with Crippen molar-refractivity contribution in [3.63, 3.8) is 0 Å². The third-order valence-corrected chi connectivity index (χ3v) is 1.30. The van der Waals surface area contributed by atoms with Crippen LogP contribution in [0, 0.1) is 6.92 Å². The highest BCUT2D eigenvalue weighted by atomic mass is 16.3. The fourth-order valence-corrected chi connectivity index (χ4v) is 0.693. The van der Waals surface area contributed by atoms with Crippen molar-refractivity contribution in [2.45, 2.75) is 41.2 Å². The predicted octanol–water partition coefficient (Wildman–Crippen LogP) is 3.54. The second kappa shape index (κ2) is 11.2. The van der Waals surface area contributed by atoms with Crippen molar-refractivity contribution in [2.75, 3.05) is 0 Å². The van der Waals surface area contributed by atoms with E-state index < -0.39 is 0 Å². The van der Waals surface area contributed by atoms with E-state index in [1.54, 1.807) is 0 Å². The summed E-state index contributed by atoms with van der Waals surface area (Å²) in [6.45, 7) is 10.2. The van der Waals surface area contributed by atoms with Crippen molar-refractivity contribution >= 4 is 0 Å². The normalized spacial score (nSPS) is 7.54. The maximum atomic E-state index is 8.63. The van der Waals surface area contributed by atoms with Gasteiger partial charge >= 0.3 is 0 Å². The van der Waals surface area contributed by atoms with Gasteiger partial charge in [0, 0.05) is 0 Å². The molecular formula is C12H22O. The molecule has 0 unspecified atom stereocenters. The molecule has 0 aromatic heterocycles. The Morgan fingerprint density at radius 1 is 0.923 bits per heavy atom. The minimum absolute atomic E-state index is 0.139. The first kappa shape index (κ1) is 14.7. The highest BCUT2D eigenvalue weighted by molar-refractivity contribution is 5.20. The van der Waals surface area contributed by atoms with Gasteiger partial charge in [-0.15, -0.1) is 0 Å². The quantitative estimate of drug-likeness (QED) is 0.704. The zero-order chi connectivity index (χ0) is 10.7. The number of aliphatic hydroxyl groups is 1. The van der Waals surface area contributed by atoms with Gasteiger partial charge in [-0.3, -0.25) is 0 Å². The maximum absolute atomic E-state index is 8.63. The Bertz CT molecular complexity index is 177. The molecule has 1 rings (SSSR count). The van der Waals surface area contributed by atoms with Gasteiger partial charge in [-0.25, -0.2) is 0 Å². The van der Waals surface area contributed by atoms with E-state index in [1.165, 1.54) is 5.56 Å². The molecule has 0 atom stereocenters. The molecule has 0 aliphatic heterocycles. The highest BCUT2D eigenvalue weighted by Gasteiger charge is 1.85. The number of aliphatic hydroxyl groups excluding tert-OH is 1. The number of hydrogen-bond donors (Lipinski definition) is 1. The Hall–Kier alpha value is -0.820. The van der Waals surface area contributed by atoms with E-state index in [-0.39, 0.29) is 6.61 Å². The molecule has 0 radical (unpaired) electrons. The Balaban J connectivity index is 0. The summed E-state index contributed by atoms with van der Waals surface area (Å²) in [7, 11) is 0. The van der Waals surface area contributed by atoms with Crippen LogP contribution < -0.4 is 0 Å². The fourth-order valence-electron chi connectivity index (χ4n) is 0.693. The Morgan fingerprint density at radius 2 is 1.31 bits per heavy atom. The average molecular weight is 182 g/mol. The average Bonchev–Trinajstić information content (AvgIpc) is 2.25. The Morgan fingerprint density at radius 3 is 1.62 bits per heavy atom. The largest absolute Gasteiger partial charge is 0.392 e. The first-order chi connectivity index (χ1) is 6.33. The van der Waals surface area contributed by atoms with Gasteiger partial charge in [0.15, 0.2) is 0 Å². The lowest BCUT2D eigenvalue weighted by Gasteiger charge is -1.93. The van der Waals surface area contributed by atoms with E-state index in [0.29, 0.717) is 0 Å². The number of hydrogen-bond acceptors (Lipinski definition) is 1. The molecule has 0 bridgehead atoms. The molecule has 0 fully saturated rings. The molecule has 1 nitrogen and oxygen atoms in total. The van der Waals surface area contributed by atoms with Gasteiger partial charge in [-0.1, -0.05) is 57.5 Å². The van der Waals surface area contributed by atoms with Crippen molar-refractivity contribution < 1.29 is 5.11 Å². The van der Waals surface area contributed by atoms with Gasteiger partial charge in [-0.2, -0.15) is 0 Å². The van der Waals surface area contributed by atoms with Crippen molar-refractivity contribution in [3.8, 4) is 0 Å². The summed E-state index contributed by atoms with van der Waals surface area (Å²) in [6.07, 6.45) is 0. The molecule has 0 heterocycles. The van der Waals surface area contributed by atoms with Crippen LogP contribution in [0.25, 0.3) is 0 Å². The van der Waals surface area contributed by atoms with Gasteiger partial charge in [0.25, 0.3) is 0 Å². The molecule has 76 valence electrons. The zero-order valence-electron chi connectivity index (χ0n) is 9.46. The lowest BCUT2D eigenvalue weighted by atomic mass is 10.2. The van der Waals surface area contributed by atoms with Crippen LogP contribution in [0.1, 0.15) is 38.8 Å². The van der Waals surface area contributed by atoms with E-state index in [0.717, 1.165) is 5.56 Å². The van der Waals surface area contributed by atoms with E-state index in [4.69, 9.17) is 5.11 Å². The van der Waals surface area contributed by atoms with Crippen LogP contribution in [0.15, 0.2) is 24.3 Å². The molecule has 13 heavy (non-hydrogen) atoms. The van der Waals surface area contributed by atoms with Crippen LogP contribution in [0.3, 0.4) is 0 Å². The molecule has 0 saturated carbocycles. The van der Waals surface area contributed by atoms with Crippen LogP contribution in [0.4, 0.5) is 0 Å². The lowest BCUT2D eigenvalue weighted by Crippen LogP contribution is -1.80. The fraction of sp³-hybridized carbons (Fsp3) is 0.500. The molecule has 0 saturated heterocycles. The van der Waals surface area contributed by atoms with Crippen molar-refractivity contribution in [1.29, 1.82) is 0 Å². The number of rotatable bonds is 1. The first-order valence-corrected chi connectivity index (χ1v) is 4.99. The highest BCUT2D eigenvalue weighted by Crippen LogP contribution is 2.01. The summed E-state index contributed by atoms with van der Waals surface area (Å²) in [5.74, 6) is 0. The van der Waals surface area contributed by atoms with Crippen LogP contribution >= 0.6 is 0 Å². The van der Waals surface area contributed by atoms with Gasteiger partial charge in [0.1, 0.15) is 0 Å². The minimum Gasteiger partial charge on any atom is -0.392 e. The molecule has 1 heteroatoms. The second-order valence-electron chi connectivity index (χ2n) is 2.14. The van der Waals surface area contributed by atoms with Crippen LogP contribution in [0.2, 0.25) is 0 Å². The zero-order valence-corrected chi connectivity index (χ0v) is 9.46. The monoisotopic (exact) mass is 182 g/mol. The van der Waals surface area contributed by atoms with Gasteiger partial charge in [0.2, 0.25) is 0 Å². The third-order valence-electron chi connectivity index (χ3n) is 1.30. The minimum atomic E-state index is 0.139. The van der Waals surface area contributed by atoms with Crippen LogP contribution in [-0.2, 0) is 6.61 Å². The summed E-state index contributed by atoms with van der Waals surface area (Å²) >= 11 is 0. The van der Waals surface area contributed by atoms with Gasteiger partial charge in [-0.05, 0) is 12.5 Å². The topological polar surface area (TPSA) is 20.2 Å². The molecule has 1 N–H and O–H groups in total. The number of benzene rings is 1. The molecular weight excluding hydrogens is 160 g/mol. The summed E-state index contributed by atoms with van der Waals surface area (Å²) in [5.41, 5.74) is 2.20. The summed E-state index contributed by atoms with van der Waals surface area (Å²) in [5, 5.41) is 8.63. The lowest BCUT2D eigenvalue weighted by molar-refractivity contribution is 0.282. The molecule has 0 spiro atoms. The van der Waals surface area contributed by atoms with Gasteiger partial charge < -0.3 is 5.11 Å². The number of aryl methyl sites for hydroxylation is 1. The van der Waals surface area contributed by atoms with Gasteiger partial charge in [0.05, 0.1) is 6.61 Å². The summed E-state index contributed by atoms with van der Waals surface area (Å²) < 4.78 is 0. The molecule has 1 aromatic rings. The van der Waals surface area contributed by atoms with Crippen molar-refractivity contribution in [1.82, 2.24) is 0 Å². The molecule has 0 aliphatic carbocycles. The second-order valence-corrected chi connectivity index (χ2v) is 2.14.